The number of nitrogens with zero attached hydrogens (tertiary/aromatic N) is 2. The third-order valence-corrected chi connectivity index (χ3v) is 7.65. The zero-order valence-electron chi connectivity index (χ0n) is 22.3. The van der Waals surface area contributed by atoms with Gasteiger partial charge in [0, 0.05) is 27.2 Å². The summed E-state index contributed by atoms with van der Waals surface area (Å²) >= 11 is 0. The summed E-state index contributed by atoms with van der Waals surface area (Å²) in [5.74, 6) is -2.88. The summed E-state index contributed by atoms with van der Waals surface area (Å²) in [6, 6.07) is 0. The van der Waals surface area contributed by atoms with E-state index in [-0.39, 0.29) is 48.6 Å². The largest absolute Gasteiger partial charge is 0.481 e. The molecule has 3 aliphatic rings. The number of hydrogen-bond donors (Lipinski definition) is 2. The number of carbonyl (C=O) groups is 4. The van der Waals surface area contributed by atoms with Crippen molar-refractivity contribution < 1.29 is 34.1 Å². The summed E-state index contributed by atoms with van der Waals surface area (Å²) < 4.78 is 5.11. The van der Waals surface area contributed by atoms with Gasteiger partial charge in [-0.15, -0.1) is 13.2 Å². The number of aliphatic carboxylic acids is 1. The molecular formula is C28H44N2O7. The Kier molecular flexibility index (Phi) is 12.3. The molecule has 3 fully saturated rings. The molecule has 208 valence electrons. The van der Waals surface area contributed by atoms with Gasteiger partial charge >= 0.3 is 11.9 Å². The van der Waals surface area contributed by atoms with Crippen molar-refractivity contribution in [3.63, 3.8) is 0 Å². The van der Waals surface area contributed by atoms with Crippen LogP contribution < -0.4 is 0 Å². The second kappa shape index (κ2) is 14.9. The fourth-order valence-electron chi connectivity index (χ4n) is 5.49. The summed E-state index contributed by atoms with van der Waals surface area (Å²) in [6.07, 6.45) is 10.7. The van der Waals surface area contributed by atoms with Crippen LogP contribution in [0.1, 0.15) is 64.2 Å². The molecule has 0 aromatic carbocycles. The Hall–Kier alpha value is -2.68. The van der Waals surface area contributed by atoms with Gasteiger partial charge in [0.15, 0.2) is 0 Å². The maximum atomic E-state index is 12.2. The maximum Gasteiger partial charge on any atom is 0.310 e. The van der Waals surface area contributed by atoms with E-state index in [1.807, 2.05) is 19.2 Å². The minimum Gasteiger partial charge on any atom is -0.481 e. The van der Waals surface area contributed by atoms with E-state index in [0.717, 1.165) is 51.5 Å². The molecule has 0 aromatic heterocycles. The first-order valence-corrected chi connectivity index (χ1v) is 13.4. The topological polar surface area (TPSA) is 124 Å². The zero-order chi connectivity index (χ0) is 27.5. The van der Waals surface area contributed by atoms with Gasteiger partial charge in [-0.2, -0.15) is 0 Å². The Morgan fingerprint density at radius 3 is 1.84 bits per heavy atom. The van der Waals surface area contributed by atoms with Gasteiger partial charge in [-0.1, -0.05) is 12.2 Å². The van der Waals surface area contributed by atoms with Crippen molar-refractivity contribution in [3.8, 4) is 0 Å². The second-order valence-corrected chi connectivity index (χ2v) is 10.5. The number of aliphatic hydroxyl groups is 1. The van der Waals surface area contributed by atoms with Crippen LogP contribution in [0.5, 0.6) is 0 Å². The van der Waals surface area contributed by atoms with Crippen molar-refractivity contribution in [2.75, 3.05) is 27.2 Å². The molecule has 37 heavy (non-hydrogen) atoms. The fourth-order valence-corrected chi connectivity index (χ4v) is 5.49. The quantitative estimate of drug-likeness (QED) is 0.217. The third-order valence-electron chi connectivity index (χ3n) is 7.65. The summed E-state index contributed by atoms with van der Waals surface area (Å²) in [7, 11) is 3.52. The average Bonchev–Trinajstić information content (AvgIpc) is 3.57. The number of carboxylic acid groups (broad SMARTS) is 1. The maximum absolute atomic E-state index is 12.2. The van der Waals surface area contributed by atoms with Crippen LogP contribution >= 0.6 is 0 Å². The summed E-state index contributed by atoms with van der Waals surface area (Å²) in [4.78, 5) is 50.4. The number of allylic oxidation sites excluding steroid dienone is 2. The van der Waals surface area contributed by atoms with Crippen molar-refractivity contribution in [2.24, 2.45) is 23.7 Å². The highest BCUT2D eigenvalue weighted by Gasteiger charge is 2.51. The standard InChI is InChI=1S/C14H23NO4.C14H21NO3/c1-3-4-5-6-7-15(2)13(17)11-8-10(16)9-12(11)14(18)19;1-3-4-5-6-7-15(2)13(16)11-8-10-9-12(11)14(17)18-10/h3,10-12,16H,1,4-9H2,2H3,(H,18,19);3,10-12H,1,4-9H2,2H3/t10-,11-,12-;/m1./s1. The minimum atomic E-state index is -0.991. The number of carbonyl (C=O) groups excluding carboxylic acids is 3. The predicted molar refractivity (Wildman–Crippen MR) is 139 cm³/mol. The van der Waals surface area contributed by atoms with Crippen molar-refractivity contribution in [1.82, 2.24) is 9.80 Å². The summed E-state index contributed by atoms with van der Waals surface area (Å²) in [5.41, 5.74) is 0. The van der Waals surface area contributed by atoms with E-state index in [9.17, 15) is 24.3 Å². The fraction of sp³-hybridized carbons (Fsp3) is 0.714. The lowest BCUT2D eigenvalue weighted by Crippen LogP contribution is -2.39. The van der Waals surface area contributed by atoms with E-state index in [1.54, 1.807) is 16.8 Å². The molecule has 2 amide bonds. The highest BCUT2D eigenvalue weighted by Crippen LogP contribution is 2.41. The summed E-state index contributed by atoms with van der Waals surface area (Å²) in [6.45, 7) is 8.69. The predicted octanol–water partition coefficient (Wildman–Crippen LogP) is 3.03. The lowest BCUT2D eigenvalue weighted by atomic mass is 9.94. The molecule has 2 bridgehead atoms. The molecule has 9 heteroatoms. The molecule has 0 spiro atoms. The highest BCUT2D eigenvalue weighted by atomic mass is 16.6. The average molecular weight is 521 g/mol. The smallest absolute Gasteiger partial charge is 0.310 e. The molecular weight excluding hydrogens is 476 g/mol. The number of aliphatic hydroxyl groups excluding tert-OH is 1. The molecule has 6 atom stereocenters. The molecule has 1 aliphatic heterocycles. The van der Waals surface area contributed by atoms with Gasteiger partial charge in [0.25, 0.3) is 0 Å². The molecule has 3 rings (SSSR count). The number of carboxylic acids is 1. The zero-order valence-corrected chi connectivity index (χ0v) is 22.3. The normalized spacial score (nSPS) is 27.6. The Morgan fingerprint density at radius 2 is 1.38 bits per heavy atom. The molecule has 0 radical (unpaired) electrons. The Labute approximate surface area is 220 Å². The van der Waals surface area contributed by atoms with Crippen molar-refractivity contribution >= 4 is 23.8 Å². The molecule has 9 nitrogen and oxygen atoms in total. The first-order chi connectivity index (χ1) is 17.6. The molecule has 2 N–H and O–H groups in total. The number of rotatable bonds is 13. The van der Waals surface area contributed by atoms with Gasteiger partial charge in [-0.25, -0.2) is 0 Å². The van der Waals surface area contributed by atoms with E-state index in [0.29, 0.717) is 13.0 Å². The van der Waals surface area contributed by atoms with Crippen molar-refractivity contribution in [3.05, 3.63) is 25.3 Å². The van der Waals surface area contributed by atoms with Crippen LogP contribution in [0, 0.1) is 23.7 Å². The highest BCUT2D eigenvalue weighted by molar-refractivity contribution is 5.88. The van der Waals surface area contributed by atoms with Gasteiger partial charge in [-0.05, 0) is 64.2 Å². The molecule has 2 aliphatic carbocycles. The van der Waals surface area contributed by atoms with Gasteiger partial charge in [0.2, 0.25) is 11.8 Å². The van der Waals surface area contributed by atoms with E-state index in [1.165, 1.54) is 0 Å². The number of fused-ring (bicyclic) bond motifs is 2. The number of hydrogen-bond acceptors (Lipinski definition) is 6. The van der Waals surface area contributed by atoms with Gasteiger partial charge < -0.3 is 24.7 Å². The molecule has 2 saturated carbocycles. The Morgan fingerprint density at radius 1 is 0.865 bits per heavy atom. The number of unbranched alkanes of at least 4 members (excludes halogenated alkanes) is 4. The third kappa shape index (κ3) is 8.69. The van der Waals surface area contributed by atoms with Crippen LogP contribution in [-0.2, 0) is 23.9 Å². The first kappa shape index (κ1) is 30.5. The van der Waals surface area contributed by atoms with Crippen molar-refractivity contribution in [2.45, 2.75) is 76.4 Å². The van der Waals surface area contributed by atoms with E-state index >= 15 is 0 Å². The van der Waals surface area contributed by atoms with Crippen LogP contribution in [0.2, 0.25) is 0 Å². The first-order valence-electron chi connectivity index (χ1n) is 13.4. The van der Waals surface area contributed by atoms with E-state index in [4.69, 9.17) is 9.84 Å². The molecule has 0 aromatic rings. The van der Waals surface area contributed by atoms with Crippen LogP contribution in [0.25, 0.3) is 0 Å². The second-order valence-electron chi connectivity index (χ2n) is 10.5. The van der Waals surface area contributed by atoms with E-state index in [2.05, 4.69) is 13.2 Å². The number of ether oxygens (including phenoxy) is 1. The lowest BCUT2D eigenvalue weighted by Gasteiger charge is -2.25. The minimum absolute atomic E-state index is 0.00869. The van der Waals surface area contributed by atoms with Gasteiger partial charge in [-0.3, -0.25) is 19.2 Å². The number of esters is 1. The lowest BCUT2D eigenvalue weighted by molar-refractivity contribution is -0.155. The number of amides is 2. The van der Waals surface area contributed by atoms with Crippen LogP contribution in [0.3, 0.4) is 0 Å². The van der Waals surface area contributed by atoms with Gasteiger partial charge in [0.1, 0.15) is 6.10 Å². The molecule has 1 heterocycles. The van der Waals surface area contributed by atoms with Gasteiger partial charge in [0.05, 0.1) is 29.8 Å². The van der Waals surface area contributed by atoms with E-state index < -0.39 is 23.9 Å². The molecule has 1 saturated heterocycles. The van der Waals surface area contributed by atoms with Crippen molar-refractivity contribution in [1.29, 1.82) is 0 Å². The van der Waals surface area contributed by atoms with Crippen LogP contribution in [-0.4, -0.2) is 83.2 Å². The van der Waals surface area contributed by atoms with Crippen LogP contribution in [0.15, 0.2) is 25.3 Å². The monoisotopic (exact) mass is 520 g/mol. The Balaban J connectivity index is 0.000000260. The molecule has 3 unspecified atom stereocenters. The summed E-state index contributed by atoms with van der Waals surface area (Å²) in [5, 5.41) is 18.6. The van der Waals surface area contributed by atoms with Crippen LogP contribution in [0.4, 0.5) is 0 Å². The SMILES string of the molecule is C=CCCCCN(C)C(=O)C1CC2CC1C(=O)O2.C=CCCCCN(C)C(=O)[C@@H]1C[C@@H](O)C[C@H]1C(=O)O. The Bertz CT molecular complexity index is 829.